The lowest BCUT2D eigenvalue weighted by atomic mass is 10.0. The molecule has 0 aromatic rings. The molecule has 18 heavy (non-hydrogen) atoms. The van der Waals surface area contributed by atoms with Crippen molar-refractivity contribution in [2.75, 3.05) is 21.1 Å². The summed E-state index contributed by atoms with van der Waals surface area (Å²) in [6, 6.07) is 0.620. The number of quaternary nitrogens is 1. The van der Waals surface area contributed by atoms with E-state index in [1.165, 1.54) is 64.2 Å². The highest BCUT2D eigenvalue weighted by molar-refractivity contribution is 4.79. The summed E-state index contributed by atoms with van der Waals surface area (Å²) >= 11 is 0. The van der Waals surface area contributed by atoms with E-state index in [0.29, 0.717) is 6.04 Å². The summed E-state index contributed by atoms with van der Waals surface area (Å²) in [7, 11) is 6.79. The summed E-state index contributed by atoms with van der Waals surface area (Å²) in [4.78, 5) is 0. The molecule has 0 aromatic heterocycles. The quantitative estimate of drug-likeness (QED) is 0.256. The summed E-state index contributed by atoms with van der Waals surface area (Å²) < 4.78 is 1.01. The second-order valence-electron chi connectivity index (χ2n) is 6.54. The van der Waals surface area contributed by atoms with Crippen LogP contribution >= 0.6 is 0 Å². The number of hydrogen-bond donors (Lipinski definition) is 0. The van der Waals surface area contributed by atoms with Crippen molar-refractivity contribution in [3.8, 4) is 0 Å². The second kappa shape index (κ2) is 10.6. The molecule has 0 aliphatic rings. The van der Waals surface area contributed by atoms with Gasteiger partial charge in [0.1, 0.15) is 6.04 Å². The van der Waals surface area contributed by atoms with E-state index in [0.717, 1.165) is 4.48 Å². The first-order valence-corrected chi connectivity index (χ1v) is 7.96. The van der Waals surface area contributed by atoms with Crippen LogP contribution in [0.4, 0.5) is 0 Å². The standard InChI is InChI=1S/C17H36N/c1-6-8-9-10-11-12-13-14-15-16-17(7-2)18(3,4)5/h7,17H,2,6,8-16H2,1,3-5H3/q+1. The van der Waals surface area contributed by atoms with E-state index >= 15 is 0 Å². The summed E-state index contributed by atoms with van der Waals surface area (Å²) in [6.45, 7) is 6.25. The Labute approximate surface area is 116 Å². The second-order valence-corrected chi connectivity index (χ2v) is 6.54. The highest BCUT2D eigenvalue weighted by Gasteiger charge is 2.18. The minimum atomic E-state index is 0.620. The normalized spacial score (nSPS) is 13.6. The van der Waals surface area contributed by atoms with Gasteiger partial charge in [0, 0.05) is 6.42 Å². The molecule has 0 saturated carbocycles. The van der Waals surface area contributed by atoms with Crippen molar-refractivity contribution in [2.24, 2.45) is 0 Å². The third kappa shape index (κ3) is 9.70. The van der Waals surface area contributed by atoms with Gasteiger partial charge in [-0.1, -0.05) is 64.9 Å². The van der Waals surface area contributed by atoms with Gasteiger partial charge in [-0.05, 0) is 12.5 Å². The van der Waals surface area contributed by atoms with E-state index in [9.17, 15) is 0 Å². The van der Waals surface area contributed by atoms with E-state index in [-0.39, 0.29) is 0 Å². The van der Waals surface area contributed by atoms with Gasteiger partial charge in [0.05, 0.1) is 21.1 Å². The fraction of sp³-hybridized carbons (Fsp3) is 0.882. The Balaban J connectivity index is 3.37. The summed E-state index contributed by atoms with van der Waals surface area (Å²) in [5.74, 6) is 0. The Morgan fingerprint density at radius 2 is 1.28 bits per heavy atom. The molecule has 0 aliphatic carbocycles. The Morgan fingerprint density at radius 1 is 0.833 bits per heavy atom. The predicted molar refractivity (Wildman–Crippen MR) is 83.9 cm³/mol. The number of rotatable bonds is 12. The lowest BCUT2D eigenvalue weighted by Crippen LogP contribution is -2.43. The Bertz CT molecular complexity index is 190. The minimum absolute atomic E-state index is 0.620. The van der Waals surface area contributed by atoms with E-state index in [2.05, 4.69) is 40.7 Å². The van der Waals surface area contributed by atoms with E-state index in [4.69, 9.17) is 0 Å². The third-order valence-corrected chi connectivity index (χ3v) is 3.87. The predicted octanol–water partition coefficient (Wildman–Crippen LogP) is 5.17. The molecule has 0 aromatic carbocycles. The monoisotopic (exact) mass is 254 g/mol. The van der Waals surface area contributed by atoms with Crippen LogP contribution in [0.3, 0.4) is 0 Å². The van der Waals surface area contributed by atoms with Crippen LogP contribution in [-0.2, 0) is 0 Å². The van der Waals surface area contributed by atoms with Crippen molar-refractivity contribution in [2.45, 2.75) is 77.2 Å². The highest BCUT2D eigenvalue weighted by atomic mass is 15.3. The molecule has 1 unspecified atom stereocenters. The van der Waals surface area contributed by atoms with Crippen LogP contribution in [0.5, 0.6) is 0 Å². The van der Waals surface area contributed by atoms with Crippen LogP contribution in [0.1, 0.15) is 71.1 Å². The van der Waals surface area contributed by atoms with Crippen LogP contribution in [0.15, 0.2) is 12.7 Å². The van der Waals surface area contributed by atoms with Gasteiger partial charge in [-0.2, -0.15) is 0 Å². The number of likely N-dealkylation sites (N-methyl/N-ethyl adjacent to an activating group) is 1. The molecule has 0 rings (SSSR count). The molecule has 1 heteroatoms. The fourth-order valence-corrected chi connectivity index (χ4v) is 2.49. The van der Waals surface area contributed by atoms with Crippen LogP contribution in [0, 0.1) is 0 Å². The smallest absolute Gasteiger partial charge is 0.107 e. The van der Waals surface area contributed by atoms with Gasteiger partial charge in [0.25, 0.3) is 0 Å². The van der Waals surface area contributed by atoms with Crippen molar-refractivity contribution >= 4 is 0 Å². The number of hydrogen-bond acceptors (Lipinski definition) is 0. The molecule has 0 bridgehead atoms. The van der Waals surface area contributed by atoms with Gasteiger partial charge < -0.3 is 4.48 Å². The van der Waals surface area contributed by atoms with Gasteiger partial charge in [-0.3, -0.25) is 0 Å². The van der Waals surface area contributed by atoms with Crippen LogP contribution in [0.25, 0.3) is 0 Å². The Hall–Kier alpha value is -0.300. The van der Waals surface area contributed by atoms with Gasteiger partial charge in [-0.25, -0.2) is 0 Å². The van der Waals surface area contributed by atoms with Crippen molar-refractivity contribution in [1.29, 1.82) is 0 Å². The summed E-state index contributed by atoms with van der Waals surface area (Å²) in [5.41, 5.74) is 0. The summed E-state index contributed by atoms with van der Waals surface area (Å²) in [5, 5.41) is 0. The van der Waals surface area contributed by atoms with E-state index in [1.54, 1.807) is 0 Å². The molecule has 1 atom stereocenters. The molecule has 108 valence electrons. The topological polar surface area (TPSA) is 0 Å². The average Bonchev–Trinajstić information content (AvgIpc) is 2.30. The minimum Gasteiger partial charge on any atom is -0.325 e. The Morgan fingerprint density at radius 3 is 1.67 bits per heavy atom. The molecule has 0 spiro atoms. The molecular formula is C17H36N+. The maximum absolute atomic E-state index is 3.97. The first kappa shape index (κ1) is 17.7. The average molecular weight is 254 g/mol. The lowest BCUT2D eigenvalue weighted by molar-refractivity contribution is -0.889. The molecule has 0 N–H and O–H groups in total. The maximum atomic E-state index is 3.97. The highest BCUT2D eigenvalue weighted by Crippen LogP contribution is 2.15. The molecule has 0 fully saturated rings. The third-order valence-electron chi connectivity index (χ3n) is 3.87. The SMILES string of the molecule is C=CC(CCCCCCCCCCC)[N+](C)(C)C. The van der Waals surface area contributed by atoms with Crippen molar-refractivity contribution < 1.29 is 4.48 Å². The molecule has 0 aliphatic heterocycles. The van der Waals surface area contributed by atoms with Gasteiger partial charge in [0.15, 0.2) is 0 Å². The van der Waals surface area contributed by atoms with Crippen molar-refractivity contribution in [3.63, 3.8) is 0 Å². The lowest BCUT2D eigenvalue weighted by Gasteiger charge is -2.32. The maximum Gasteiger partial charge on any atom is 0.107 e. The molecule has 0 heterocycles. The Kier molecular flexibility index (Phi) is 10.4. The zero-order valence-corrected chi connectivity index (χ0v) is 13.4. The van der Waals surface area contributed by atoms with Crippen molar-refractivity contribution in [1.82, 2.24) is 0 Å². The first-order chi connectivity index (χ1) is 8.52. The first-order valence-electron chi connectivity index (χ1n) is 7.96. The fourth-order valence-electron chi connectivity index (χ4n) is 2.49. The van der Waals surface area contributed by atoms with Gasteiger partial charge in [0.2, 0.25) is 0 Å². The molecule has 0 saturated heterocycles. The van der Waals surface area contributed by atoms with Crippen LogP contribution in [0.2, 0.25) is 0 Å². The van der Waals surface area contributed by atoms with Crippen LogP contribution < -0.4 is 0 Å². The number of unbranched alkanes of at least 4 members (excludes halogenated alkanes) is 8. The van der Waals surface area contributed by atoms with E-state index < -0.39 is 0 Å². The van der Waals surface area contributed by atoms with E-state index in [1.807, 2.05) is 0 Å². The number of nitrogens with zero attached hydrogens (tertiary/aromatic N) is 1. The van der Waals surface area contributed by atoms with Gasteiger partial charge >= 0.3 is 0 Å². The molecular weight excluding hydrogens is 218 g/mol. The van der Waals surface area contributed by atoms with Gasteiger partial charge in [-0.15, -0.1) is 0 Å². The zero-order valence-electron chi connectivity index (χ0n) is 13.4. The molecule has 0 radical (unpaired) electrons. The molecule has 1 nitrogen and oxygen atoms in total. The largest absolute Gasteiger partial charge is 0.325 e. The zero-order chi connectivity index (χ0) is 13.9. The van der Waals surface area contributed by atoms with Crippen molar-refractivity contribution in [3.05, 3.63) is 12.7 Å². The van der Waals surface area contributed by atoms with Crippen LogP contribution in [-0.4, -0.2) is 31.7 Å². The molecule has 0 amide bonds. The summed E-state index contributed by atoms with van der Waals surface area (Å²) in [6.07, 6.45) is 16.2.